The van der Waals surface area contributed by atoms with Crippen LogP contribution in [0.15, 0.2) is 30.9 Å². The Morgan fingerprint density at radius 2 is 2.10 bits per heavy atom. The summed E-state index contributed by atoms with van der Waals surface area (Å²) >= 11 is 0. The van der Waals surface area contributed by atoms with Crippen LogP contribution in [0.2, 0.25) is 0 Å². The van der Waals surface area contributed by atoms with Gasteiger partial charge < -0.3 is 10.4 Å². The Bertz CT molecular complexity index is 639. The van der Waals surface area contributed by atoms with Crippen molar-refractivity contribution in [2.75, 3.05) is 0 Å². The standard InChI is InChI=1S/C13H15N5O3/c1-8(2)11(13(20)21)16-12(19)9-5-10(7-14-6-9)18-4-3-15-17-18/h3-8,11H,1-2H3,(H,16,19)(H,20,21)/t11-/m0/s1. The maximum atomic E-state index is 12.1. The van der Waals surface area contributed by atoms with E-state index in [-0.39, 0.29) is 11.5 Å². The Morgan fingerprint density at radius 3 is 2.67 bits per heavy atom. The van der Waals surface area contributed by atoms with E-state index in [0.29, 0.717) is 5.69 Å². The van der Waals surface area contributed by atoms with Crippen molar-refractivity contribution in [3.63, 3.8) is 0 Å². The van der Waals surface area contributed by atoms with Crippen molar-refractivity contribution in [2.24, 2.45) is 5.92 Å². The first-order valence-corrected chi connectivity index (χ1v) is 6.34. The molecule has 0 saturated carbocycles. The van der Waals surface area contributed by atoms with E-state index in [0.717, 1.165) is 0 Å². The molecule has 2 aromatic heterocycles. The molecule has 0 aliphatic carbocycles. The van der Waals surface area contributed by atoms with Gasteiger partial charge in [0.05, 0.1) is 29.8 Å². The SMILES string of the molecule is CC(C)[C@H](NC(=O)c1cncc(-n2ccnn2)c1)C(=O)O. The Balaban J connectivity index is 2.20. The molecule has 0 aliphatic heterocycles. The van der Waals surface area contributed by atoms with Crippen LogP contribution in [0.3, 0.4) is 0 Å². The normalized spacial score (nSPS) is 12.1. The molecule has 110 valence electrons. The predicted octanol–water partition coefficient (Wildman–Crippen LogP) is 0.501. The van der Waals surface area contributed by atoms with Crippen LogP contribution in [0.4, 0.5) is 0 Å². The van der Waals surface area contributed by atoms with Gasteiger partial charge in [0.1, 0.15) is 6.04 Å². The molecule has 2 aromatic rings. The lowest BCUT2D eigenvalue weighted by molar-refractivity contribution is -0.140. The van der Waals surface area contributed by atoms with Crippen molar-refractivity contribution in [2.45, 2.75) is 19.9 Å². The topological polar surface area (TPSA) is 110 Å². The van der Waals surface area contributed by atoms with Crippen LogP contribution >= 0.6 is 0 Å². The molecule has 1 atom stereocenters. The molecular weight excluding hydrogens is 274 g/mol. The van der Waals surface area contributed by atoms with E-state index in [1.54, 1.807) is 26.1 Å². The first kappa shape index (κ1) is 14.6. The number of pyridine rings is 1. The molecular formula is C13H15N5O3. The average Bonchev–Trinajstić information content (AvgIpc) is 2.98. The van der Waals surface area contributed by atoms with Gasteiger partial charge in [-0.3, -0.25) is 9.78 Å². The van der Waals surface area contributed by atoms with Crippen LogP contribution in [0.25, 0.3) is 5.69 Å². The number of aliphatic carboxylic acids is 1. The van der Waals surface area contributed by atoms with Crippen LogP contribution in [0, 0.1) is 5.92 Å². The molecule has 0 aromatic carbocycles. The number of amides is 1. The molecule has 0 unspecified atom stereocenters. The molecule has 1 amide bonds. The maximum Gasteiger partial charge on any atom is 0.326 e. The van der Waals surface area contributed by atoms with E-state index in [9.17, 15) is 9.59 Å². The van der Waals surface area contributed by atoms with Gasteiger partial charge in [-0.1, -0.05) is 19.1 Å². The van der Waals surface area contributed by atoms with Gasteiger partial charge in [-0.05, 0) is 12.0 Å². The summed E-state index contributed by atoms with van der Waals surface area (Å²) in [5, 5.41) is 19.1. The summed E-state index contributed by atoms with van der Waals surface area (Å²) in [6, 6.07) is 0.614. The second kappa shape index (κ2) is 6.12. The average molecular weight is 289 g/mol. The van der Waals surface area contributed by atoms with Crippen molar-refractivity contribution in [3.8, 4) is 5.69 Å². The summed E-state index contributed by atoms with van der Waals surface area (Å²) in [5.74, 6) is -1.79. The van der Waals surface area contributed by atoms with Crippen LogP contribution in [0.5, 0.6) is 0 Å². The number of nitrogens with one attached hydrogen (secondary N) is 1. The molecule has 2 N–H and O–H groups in total. The smallest absolute Gasteiger partial charge is 0.326 e. The number of rotatable bonds is 5. The minimum absolute atomic E-state index is 0.224. The summed E-state index contributed by atoms with van der Waals surface area (Å²) in [4.78, 5) is 27.2. The van der Waals surface area contributed by atoms with E-state index >= 15 is 0 Å². The van der Waals surface area contributed by atoms with Gasteiger partial charge in [0.2, 0.25) is 0 Å². The fourth-order valence-electron chi connectivity index (χ4n) is 1.76. The molecule has 0 fully saturated rings. The lowest BCUT2D eigenvalue weighted by Crippen LogP contribution is -2.44. The van der Waals surface area contributed by atoms with Crippen LogP contribution in [-0.2, 0) is 4.79 Å². The number of hydrogen-bond acceptors (Lipinski definition) is 5. The van der Waals surface area contributed by atoms with Crippen molar-refractivity contribution < 1.29 is 14.7 Å². The number of carbonyl (C=O) groups is 2. The second-order valence-corrected chi connectivity index (χ2v) is 4.81. The number of hydrogen-bond donors (Lipinski definition) is 2. The van der Waals surface area contributed by atoms with E-state index < -0.39 is 17.9 Å². The summed E-state index contributed by atoms with van der Waals surface area (Å²) in [6.45, 7) is 3.45. The van der Waals surface area contributed by atoms with Crippen LogP contribution in [-0.4, -0.2) is 43.0 Å². The Hall–Kier alpha value is -2.77. The Labute approximate surface area is 120 Å². The number of carboxylic acids is 1. The molecule has 8 nitrogen and oxygen atoms in total. The molecule has 21 heavy (non-hydrogen) atoms. The highest BCUT2D eigenvalue weighted by atomic mass is 16.4. The lowest BCUT2D eigenvalue weighted by atomic mass is 10.0. The van der Waals surface area contributed by atoms with Gasteiger partial charge >= 0.3 is 5.97 Å². The lowest BCUT2D eigenvalue weighted by Gasteiger charge is -2.17. The summed E-state index contributed by atoms with van der Waals surface area (Å²) in [7, 11) is 0. The fourth-order valence-corrected chi connectivity index (χ4v) is 1.76. The minimum atomic E-state index is -1.07. The maximum absolute atomic E-state index is 12.1. The van der Waals surface area contributed by atoms with Gasteiger partial charge in [0.25, 0.3) is 5.91 Å². The summed E-state index contributed by atoms with van der Waals surface area (Å²) in [5.41, 5.74) is 0.825. The van der Waals surface area contributed by atoms with Crippen molar-refractivity contribution >= 4 is 11.9 Å². The molecule has 0 saturated heterocycles. The third-order valence-corrected chi connectivity index (χ3v) is 2.89. The first-order valence-electron chi connectivity index (χ1n) is 6.34. The summed E-state index contributed by atoms with van der Waals surface area (Å²) < 4.78 is 1.46. The third kappa shape index (κ3) is 3.41. The highest BCUT2D eigenvalue weighted by Gasteiger charge is 2.24. The molecule has 0 radical (unpaired) electrons. The minimum Gasteiger partial charge on any atom is -0.480 e. The van der Waals surface area contributed by atoms with Crippen molar-refractivity contribution in [1.29, 1.82) is 0 Å². The highest BCUT2D eigenvalue weighted by molar-refractivity contribution is 5.96. The molecule has 8 heteroatoms. The van der Waals surface area contributed by atoms with Crippen molar-refractivity contribution in [3.05, 3.63) is 36.4 Å². The molecule has 0 aliphatic rings. The second-order valence-electron chi connectivity index (χ2n) is 4.81. The van der Waals surface area contributed by atoms with Gasteiger partial charge in [-0.25, -0.2) is 9.48 Å². The number of carboxylic acid groups (broad SMARTS) is 1. The zero-order valence-corrected chi connectivity index (χ0v) is 11.6. The zero-order chi connectivity index (χ0) is 15.4. The Morgan fingerprint density at radius 1 is 1.33 bits per heavy atom. The van der Waals surface area contributed by atoms with Crippen LogP contribution in [0.1, 0.15) is 24.2 Å². The Kier molecular flexibility index (Phi) is 4.27. The number of nitrogens with zero attached hydrogens (tertiary/aromatic N) is 4. The van der Waals surface area contributed by atoms with Crippen LogP contribution < -0.4 is 5.32 Å². The fraction of sp³-hybridized carbons (Fsp3) is 0.308. The molecule has 2 heterocycles. The van der Waals surface area contributed by atoms with E-state index in [2.05, 4.69) is 20.6 Å². The molecule has 0 spiro atoms. The van der Waals surface area contributed by atoms with Gasteiger partial charge in [0, 0.05) is 6.20 Å². The van der Waals surface area contributed by atoms with E-state index in [4.69, 9.17) is 5.11 Å². The van der Waals surface area contributed by atoms with E-state index in [1.165, 1.54) is 23.3 Å². The molecule has 2 rings (SSSR count). The van der Waals surface area contributed by atoms with Gasteiger partial charge in [0.15, 0.2) is 0 Å². The van der Waals surface area contributed by atoms with Gasteiger partial charge in [-0.15, -0.1) is 5.10 Å². The van der Waals surface area contributed by atoms with E-state index in [1.807, 2.05) is 0 Å². The predicted molar refractivity (Wildman–Crippen MR) is 72.9 cm³/mol. The zero-order valence-electron chi connectivity index (χ0n) is 11.6. The quantitative estimate of drug-likeness (QED) is 0.829. The monoisotopic (exact) mass is 289 g/mol. The number of carbonyl (C=O) groups excluding carboxylic acids is 1. The highest BCUT2D eigenvalue weighted by Crippen LogP contribution is 2.09. The third-order valence-electron chi connectivity index (χ3n) is 2.89. The molecule has 0 bridgehead atoms. The van der Waals surface area contributed by atoms with Crippen molar-refractivity contribution in [1.82, 2.24) is 25.3 Å². The van der Waals surface area contributed by atoms with Gasteiger partial charge in [-0.2, -0.15) is 0 Å². The largest absolute Gasteiger partial charge is 0.480 e. The number of aromatic nitrogens is 4. The summed E-state index contributed by atoms with van der Waals surface area (Å²) in [6.07, 6.45) is 6.02. The first-order chi connectivity index (χ1) is 9.99.